The van der Waals surface area contributed by atoms with Crippen LogP contribution in [0.15, 0.2) is 24.3 Å². The van der Waals surface area contributed by atoms with Gasteiger partial charge in [0.25, 0.3) is 5.91 Å². The van der Waals surface area contributed by atoms with E-state index in [4.69, 9.17) is 16.3 Å². The molecule has 5 heteroatoms. The van der Waals surface area contributed by atoms with Crippen molar-refractivity contribution in [3.8, 4) is 5.75 Å². The van der Waals surface area contributed by atoms with E-state index < -0.39 is 0 Å². The summed E-state index contributed by atoms with van der Waals surface area (Å²) < 4.78 is 5.36. The standard InChI is InChI=1S/C15H20ClNO3/c16-12-6-2-4-8-14(12)20-10-15(19)17-9-11-5-1-3-7-13(11)18/h2,4,6,8,11,13,18H,1,3,5,7,9-10H2,(H,17,19). The predicted molar refractivity (Wildman–Crippen MR) is 77.9 cm³/mol. The summed E-state index contributed by atoms with van der Waals surface area (Å²) in [6.07, 6.45) is 3.69. The molecule has 0 heterocycles. The number of hydrogen-bond donors (Lipinski definition) is 2. The smallest absolute Gasteiger partial charge is 0.257 e. The molecule has 0 bridgehead atoms. The predicted octanol–water partition coefficient (Wildman–Crippen LogP) is 2.39. The lowest BCUT2D eigenvalue weighted by Gasteiger charge is -2.27. The summed E-state index contributed by atoms with van der Waals surface area (Å²) in [4.78, 5) is 11.7. The van der Waals surface area contributed by atoms with Crippen LogP contribution in [0.4, 0.5) is 0 Å². The lowest BCUT2D eigenvalue weighted by atomic mass is 9.86. The number of carbonyl (C=O) groups excluding carboxylic acids is 1. The lowest BCUT2D eigenvalue weighted by Crippen LogP contribution is -2.38. The molecular formula is C15H20ClNO3. The summed E-state index contributed by atoms with van der Waals surface area (Å²) in [5.74, 6) is 0.470. The molecule has 4 nitrogen and oxygen atoms in total. The van der Waals surface area contributed by atoms with Crippen molar-refractivity contribution in [3.63, 3.8) is 0 Å². The van der Waals surface area contributed by atoms with Gasteiger partial charge in [0.2, 0.25) is 0 Å². The molecule has 1 amide bonds. The van der Waals surface area contributed by atoms with Crippen LogP contribution >= 0.6 is 11.6 Å². The quantitative estimate of drug-likeness (QED) is 0.877. The molecule has 0 aromatic heterocycles. The van der Waals surface area contributed by atoms with Crippen LogP contribution in [0, 0.1) is 5.92 Å². The van der Waals surface area contributed by atoms with Crippen molar-refractivity contribution in [1.82, 2.24) is 5.32 Å². The van der Waals surface area contributed by atoms with Crippen LogP contribution in [-0.2, 0) is 4.79 Å². The van der Waals surface area contributed by atoms with Gasteiger partial charge in [0.1, 0.15) is 5.75 Å². The molecule has 2 atom stereocenters. The minimum absolute atomic E-state index is 0.0629. The van der Waals surface area contributed by atoms with E-state index in [1.54, 1.807) is 24.3 Å². The second-order valence-electron chi connectivity index (χ2n) is 5.14. The Morgan fingerprint density at radius 2 is 2.10 bits per heavy atom. The summed E-state index contributed by atoms with van der Waals surface area (Å²) in [5, 5.41) is 13.1. The van der Waals surface area contributed by atoms with E-state index >= 15 is 0 Å². The van der Waals surface area contributed by atoms with Crippen LogP contribution in [0.1, 0.15) is 25.7 Å². The molecule has 1 aliphatic rings. The molecule has 20 heavy (non-hydrogen) atoms. The lowest BCUT2D eigenvalue weighted by molar-refractivity contribution is -0.123. The number of carbonyl (C=O) groups is 1. The fourth-order valence-corrected chi connectivity index (χ4v) is 2.62. The maximum absolute atomic E-state index is 11.7. The topological polar surface area (TPSA) is 58.6 Å². The van der Waals surface area contributed by atoms with Crippen molar-refractivity contribution in [1.29, 1.82) is 0 Å². The highest BCUT2D eigenvalue weighted by Crippen LogP contribution is 2.24. The van der Waals surface area contributed by atoms with Crippen molar-refractivity contribution in [2.75, 3.05) is 13.2 Å². The highest BCUT2D eigenvalue weighted by atomic mass is 35.5. The first-order chi connectivity index (χ1) is 9.66. The van der Waals surface area contributed by atoms with Gasteiger partial charge in [0.15, 0.2) is 6.61 Å². The summed E-state index contributed by atoms with van der Waals surface area (Å²) >= 11 is 5.94. The maximum atomic E-state index is 11.7. The third-order valence-electron chi connectivity index (χ3n) is 3.63. The largest absolute Gasteiger partial charge is 0.482 e. The van der Waals surface area contributed by atoms with Gasteiger partial charge in [0, 0.05) is 12.5 Å². The van der Waals surface area contributed by atoms with Gasteiger partial charge in [-0.15, -0.1) is 0 Å². The number of hydrogen-bond acceptors (Lipinski definition) is 3. The number of amides is 1. The van der Waals surface area contributed by atoms with Crippen LogP contribution in [0.25, 0.3) is 0 Å². The average Bonchev–Trinajstić information content (AvgIpc) is 2.45. The zero-order chi connectivity index (χ0) is 14.4. The normalized spacial score (nSPS) is 22.3. The molecule has 2 unspecified atom stereocenters. The number of aliphatic hydroxyl groups excluding tert-OH is 1. The highest BCUT2D eigenvalue weighted by Gasteiger charge is 2.23. The van der Waals surface area contributed by atoms with Gasteiger partial charge in [-0.1, -0.05) is 36.6 Å². The van der Waals surface area contributed by atoms with Gasteiger partial charge >= 0.3 is 0 Å². The molecule has 1 aromatic rings. The van der Waals surface area contributed by atoms with E-state index in [-0.39, 0.29) is 24.5 Å². The Morgan fingerprint density at radius 1 is 1.35 bits per heavy atom. The van der Waals surface area contributed by atoms with Crippen molar-refractivity contribution in [2.45, 2.75) is 31.8 Å². The molecule has 110 valence electrons. The first-order valence-electron chi connectivity index (χ1n) is 6.99. The molecule has 0 aliphatic heterocycles. The summed E-state index contributed by atoms with van der Waals surface area (Å²) in [7, 11) is 0. The molecule has 1 aliphatic carbocycles. The van der Waals surface area contributed by atoms with Crippen molar-refractivity contribution in [3.05, 3.63) is 29.3 Å². The van der Waals surface area contributed by atoms with Crippen molar-refractivity contribution < 1.29 is 14.6 Å². The number of halogens is 1. The first kappa shape index (κ1) is 15.1. The monoisotopic (exact) mass is 297 g/mol. The molecule has 0 spiro atoms. The second-order valence-corrected chi connectivity index (χ2v) is 5.54. The third kappa shape index (κ3) is 4.39. The Hall–Kier alpha value is -1.26. The maximum Gasteiger partial charge on any atom is 0.257 e. The Balaban J connectivity index is 1.71. The van der Waals surface area contributed by atoms with E-state index in [0.717, 1.165) is 25.7 Å². The second kappa shape index (κ2) is 7.50. The fourth-order valence-electron chi connectivity index (χ4n) is 2.43. The molecular weight excluding hydrogens is 278 g/mol. The fraction of sp³-hybridized carbons (Fsp3) is 0.533. The van der Waals surface area contributed by atoms with Crippen molar-refractivity contribution in [2.24, 2.45) is 5.92 Å². The third-order valence-corrected chi connectivity index (χ3v) is 3.94. The first-order valence-corrected chi connectivity index (χ1v) is 7.36. The Kier molecular flexibility index (Phi) is 5.68. The molecule has 0 saturated heterocycles. The minimum atomic E-state index is -0.298. The van der Waals surface area contributed by atoms with Crippen LogP contribution in [0.3, 0.4) is 0 Å². The number of para-hydroxylation sites is 1. The van der Waals surface area contributed by atoms with Crippen LogP contribution in [-0.4, -0.2) is 30.3 Å². The number of aliphatic hydroxyl groups is 1. The Labute approximate surface area is 124 Å². The zero-order valence-electron chi connectivity index (χ0n) is 11.3. The van der Waals surface area contributed by atoms with Gasteiger partial charge < -0.3 is 15.2 Å². The molecule has 2 rings (SSSR count). The molecule has 0 radical (unpaired) electrons. The SMILES string of the molecule is O=C(COc1ccccc1Cl)NCC1CCCCC1O. The van der Waals surface area contributed by atoms with E-state index in [9.17, 15) is 9.90 Å². The van der Waals surface area contributed by atoms with Gasteiger partial charge in [0.05, 0.1) is 11.1 Å². The number of benzene rings is 1. The summed E-state index contributed by atoms with van der Waals surface area (Å²) in [5.41, 5.74) is 0. The van der Waals surface area contributed by atoms with E-state index in [0.29, 0.717) is 17.3 Å². The average molecular weight is 298 g/mol. The molecule has 1 saturated carbocycles. The molecule has 1 aromatic carbocycles. The molecule has 1 fully saturated rings. The van der Waals surface area contributed by atoms with Gasteiger partial charge in [-0.25, -0.2) is 0 Å². The van der Waals surface area contributed by atoms with Crippen LogP contribution in [0.2, 0.25) is 5.02 Å². The van der Waals surface area contributed by atoms with Gasteiger partial charge in [-0.3, -0.25) is 4.79 Å². The van der Waals surface area contributed by atoms with Crippen molar-refractivity contribution >= 4 is 17.5 Å². The Bertz CT molecular complexity index is 452. The van der Waals surface area contributed by atoms with Gasteiger partial charge in [-0.2, -0.15) is 0 Å². The minimum Gasteiger partial charge on any atom is -0.482 e. The number of rotatable bonds is 5. The molecule has 2 N–H and O–H groups in total. The summed E-state index contributed by atoms with van der Waals surface area (Å²) in [6, 6.07) is 7.05. The Morgan fingerprint density at radius 3 is 2.85 bits per heavy atom. The summed E-state index contributed by atoms with van der Waals surface area (Å²) in [6.45, 7) is 0.443. The van der Waals surface area contributed by atoms with Crippen LogP contribution < -0.4 is 10.1 Å². The number of nitrogens with one attached hydrogen (secondary N) is 1. The van der Waals surface area contributed by atoms with E-state index in [1.807, 2.05) is 0 Å². The van der Waals surface area contributed by atoms with E-state index in [2.05, 4.69) is 5.32 Å². The zero-order valence-corrected chi connectivity index (χ0v) is 12.1. The van der Waals surface area contributed by atoms with Gasteiger partial charge in [-0.05, 0) is 25.0 Å². The van der Waals surface area contributed by atoms with E-state index in [1.165, 1.54) is 0 Å². The highest BCUT2D eigenvalue weighted by molar-refractivity contribution is 6.32. The van der Waals surface area contributed by atoms with Crippen LogP contribution in [0.5, 0.6) is 5.75 Å². The number of ether oxygens (including phenoxy) is 1.